The number of aliphatic hydroxyl groups excluding tert-OH is 1. The first-order valence-corrected chi connectivity index (χ1v) is 4.32. The van der Waals surface area contributed by atoms with Crippen LogP contribution in [0.5, 0.6) is 0 Å². The Morgan fingerprint density at radius 2 is 1.69 bits per heavy atom. The van der Waals surface area contributed by atoms with Gasteiger partial charge in [-0.25, -0.2) is 0 Å². The van der Waals surface area contributed by atoms with E-state index < -0.39 is 0 Å². The van der Waals surface area contributed by atoms with Crippen molar-refractivity contribution in [2.45, 2.75) is 33.6 Å². The lowest BCUT2D eigenvalue weighted by Gasteiger charge is -1.79. The van der Waals surface area contributed by atoms with Crippen molar-refractivity contribution in [3.05, 3.63) is 12.2 Å². The molecule has 0 atom stereocenters. The molecule has 0 aliphatic rings. The second kappa shape index (κ2) is 30.5. The van der Waals surface area contributed by atoms with Gasteiger partial charge in [-0.15, -0.1) is 0 Å². The molecule has 0 radical (unpaired) electrons. The Morgan fingerprint density at radius 3 is 1.69 bits per heavy atom. The van der Waals surface area contributed by atoms with Gasteiger partial charge in [-0.05, 0) is 26.3 Å². The molecule has 13 heavy (non-hydrogen) atoms. The van der Waals surface area contributed by atoms with Gasteiger partial charge in [0.2, 0.25) is 0 Å². The van der Waals surface area contributed by atoms with Crippen LogP contribution in [0.15, 0.2) is 12.2 Å². The molecule has 0 unspecified atom stereocenters. The van der Waals surface area contributed by atoms with Crippen molar-refractivity contribution in [3.63, 3.8) is 0 Å². The van der Waals surface area contributed by atoms with Crippen LogP contribution in [0.2, 0.25) is 0 Å². The molecular formula is C10H20O3. The van der Waals surface area contributed by atoms with E-state index in [1.807, 2.05) is 0 Å². The van der Waals surface area contributed by atoms with Gasteiger partial charge in [-0.1, -0.05) is 19.4 Å². The monoisotopic (exact) mass is 188 g/mol. The molecule has 0 aromatic rings. The highest BCUT2D eigenvalue weighted by atomic mass is 16.2. The predicted octanol–water partition coefficient (Wildman–Crippen LogP) is 1.75. The van der Waals surface area contributed by atoms with Crippen LogP contribution in [0, 0.1) is 0 Å². The van der Waals surface area contributed by atoms with Crippen molar-refractivity contribution in [1.82, 2.24) is 0 Å². The number of hydrogen-bond acceptors (Lipinski definition) is 3. The molecule has 0 aromatic heterocycles. The van der Waals surface area contributed by atoms with Gasteiger partial charge in [0.15, 0.2) is 0 Å². The summed E-state index contributed by atoms with van der Waals surface area (Å²) in [5, 5.41) is 8.07. The maximum absolute atomic E-state index is 9.32. The summed E-state index contributed by atoms with van der Waals surface area (Å²) < 4.78 is 0. The normalized spacial score (nSPS) is 7.69. The SMILES string of the molecule is C/C=C/C=O.CC=O.CCCCO. The van der Waals surface area contributed by atoms with Gasteiger partial charge >= 0.3 is 0 Å². The Kier molecular flexibility index (Phi) is 42.1. The second-order valence-corrected chi connectivity index (χ2v) is 1.97. The molecule has 0 saturated carbocycles. The largest absolute Gasteiger partial charge is 0.396 e. The number of unbranched alkanes of at least 4 members (excludes halogenated alkanes) is 1. The number of allylic oxidation sites excluding steroid dienone is 2. The molecule has 0 heterocycles. The number of carbonyl (C=O) groups excluding carboxylic acids is 2. The lowest BCUT2D eigenvalue weighted by Crippen LogP contribution is -1.75. The van der Waals surface area contributed by atoms with Crippen LogP contribution >= 0.6 is 0 Å². The fourth-order valence-corrected chi connectivity index (χ4v) is 0.237. The average molecular weight is 188 g/mol. The first-order chi connectivity index (χ1) is 6.24. The molecule has 0 aliphatic heterocycles. The molecule has 78 valence electrons. The Morgan fingerprint density at radius 1 is 1.23 bits per heavy atom. The summed E-state index contributed by atoms with van der Waals surface area (Å²) in [6, 6.07) is 0. The van der Waals surface area contributed by atoms with Gasteiger partial charge in [-0.2, -0.15) is 0 Å². The van der Waals surface area contributed by atoms with Crippen LogP contribution in [0.1, 0.15) is 33.6 Å². The number of rotatable bonds is 3. The van der Waals surface area contributed by atoms with E-state index in [1.165, 1.54) is 13.0 Å². The van der Waals surface area contributed by atoms with Crippen molar-refractivity contribution in [3.8, 4) is 0 Å². The standard InChI is InChI=1S/C4H10O.C4H6O.C2H4O/c2*1-2-3-4-5;1-2-3/h5H,2-4H2,1H3;2-4H,1H3;2H,1H3/b;3-2+;. The fraction of sp³-hybridized carbons (Fsp3) is 0.600. The summed E-state index contributed by atoms with van der Waals surface area (Å²) in [7, 11) is 0. The van der Waals surface area contributed by atoms with Crippen molar-refractivity contribution in [1.29, 1.82) is 0 Å². The summed E-state index contributed by atoms with van der Waals surface area (Å²) in [6.07, 6.45) is 6.67. The smallest absolute Gasteiger partial charge is 0.142 e. The van der Waals surface area contributed by atoms with Crippen LogP contribution in [-0.4, -0.2) is 24.3 Å². The van der Waals surface area contributed by atoms with Crippen molar-refractivity contribution >= 4 is 12.6 Å². The summed E-state index contributed by atoms with van der Waals surface area (Å²) in [5.41, 5.74) is 0. The van der Waals surface area contributed by atoms with Crippen LogP contribution in [0.25, 0.3) is 0 Å². The number of aldehydes is 2. The predicted molar refractivity (Wildman–Crippen MR) is 54.6 cm³/mol. The van der Waals surface area contributed by atoms with Gasteiger partial charge in [-0.3, -0.25) is 4.79 Å². The second-order valence-electron chi connectivity index (χ2n) is 1.97. The van der Waals surface area contributed by atoms with Gasteiger partial charge in [0.05, 0.1) is 0 Å². The molecule has 0 spiro atoms. The Hall–Kier alpha value is -0.960. The quantitative estimate of drug-likeness (QED) is 0.542. The summed E-state index contributed by atoms with van der Waals surface area (Å²) in [4.78, 5) is 18.1. The number of aliphatic hydroxyl groups is 1. The fourth-order valence-electron chi connectivity index (χ4n) is 0.237. The van der Waals surface area contributed by atoms with E-state index in [9.17, 15) is 4.79 Å². The Balaban J connectivity index is -0.000000120. The van der Waals surface area contributed by atoms with Crippen molar-refractivity contribution < 1.29 is 14.7 Å². The number of carbonyl (C=O) groups is 2. The lowest BCUT2D eigenvalue weighted by molar-refractivity contribution is -0.106. The lowest BCUT2D eigenvalue weighted by atomic mass is 10.4. The van der Waals surface area contributed by atoms with Crippen molar-refractivity contribution in [2.75, 3.05) is 6.61 Å². The maximum Gasteiger partial charge on any atom is 0.142 e. The molecule has 0 amide bonds. The number of hydrogen-bond donors (Lipinski definition) is 1. The van der Waals surface area contributed by atoms with Crippen LogP contribution in [0.4, 0.5) is 0 Å². The summed E-state index contributed by atoms with van der Waals surface area (Å²) in [5.74, 6) is 0. The average Bonchev–Trinajstić information content (AvgIpc) is 2.09. The third-order valence-electron chi connectivity index (χ3n) is 0.783. The Bertz CT molecular complexity index is 107. The third kappa shape index (κ3) is 97.6. The minimum absolute atomic E-state index is 0.344. The topological polar surface area (TPSA) is 54.4 Å². The molecule has 0 bridgehead atoms. The zero-order valence-corrected chi connectivity index (χ0v) is 8.69. The summed E-state index contributed by atoms with van der Waals surface area (Å²) >= 11 is 0. The zero-order valence-electron chi connectivity index (χ0n) is 8.69. The zero-order chi connectivity index (χ0) is 10.9. The van der Waals surface area contributed by atoms with Crippen molar-refractivity contribution in [2.24, 2.45) is 0 Å². The van der Waals surface area contributed by atoms with E-state index in [0.29, 0.717) is 6.61 Å². The van der Waals surface area contributed by atoms with E-state index in [4.69, 9.17) is 9.90 Å². The first-order valence-electron chi connectivity index (χ1n) is 4.32. The molecule has 0 aromatic carbocycles. The van der Waals surface area contributed by atoms with E-state index in [2.05, 4.69) is 6.92 Å². The molecule has 0 aliphatic carbocycles. The highest BCUT2D eigenvalue weighted by molar-refractivity contribution is 5.64. The minimum atomic E-state index is 0.344. The highest BCUT2D eigenvalue weighted by Crippen LogP contribution is 1.78. The molecule has 3 heteroatoms. The van der Waals surface area contributed by atoms with Crippen LogP contribution in [0.3, 0.4) is 0 Å². The van der Waals surface area contributed by atoms with E-state index in [1.54, 1.807) is 13.0 Å². The maximum atomic E-state index is 9.32. The summed E-state index contributed by atoms with van der Waals surface area (Å²) in [6.45, 7) is 5.64. The van der Waals surface area contributed by atoms with E-state index in [0.717, 1.165) is 25.4 Å². The highest BCUT2D eigenvalue weighted by Gasteiger charge is 1.69. The molecule has 0 fully saturated rings. The molecule has 0 saturated heterocycles. The van der Waals surface area contributed by atoms with E-state index in [-0.39, 0.29) is 0 Å². The van der Waals surface area contributed by atoms with Gasteiger partial charge in [0.25, 0.3) is 0 Å². The van der Waals surface area contributed by atoms with Gasteiger partial charge < -0.3 is 9.90 Å². The van der Waals surface area contributed by atoms with Crippen LogP contribution < -0.4 is 0 Å². The molecule has 1 N–H and O–H groups in total. The first kappa shape index (κ1) is 18.0. The van der Waals surface area contributed by atoms with Gasteiger partial charge in [0.1, 0.15) is 12.6 Å². The molecule has 0 rings (SSSR count). The van der Waals surface area contributed by atoms with Crippen LogP contribution in [-0.2, 0) is 9.59 Å². The minimum Gasteiger partial charge on any atom is -0.396 e. The third-order valence-corrected chi connectivity index (χ3v) is 0.783. The van der Waals surface area contributed by atoms with E-state index >= 15 is 0 Å². The Labute approximate surface area is 80.5 Å². The van der Waals surface area contributed by atoms with Gasteiger partial charge in [0, 0.05) is 6.61 Å². The molecule has 3 nitrogen and oxygen atoms in total. The molecular weight excluding hydrogens is 168 g/mol.